The van der Waals surface area contributed by atoms with Crippen LogP contribution in [-0.4, -0.2) is 0 Å². The first kappa shape index (κ1) is 30.4. The number of hydrogen-bond donors (Lipinski definition) is 0. The maximum absolute atomic E-state index is 2.44. The predicted octanol–water partition coefficient (Wildman–Crippen LogP) is 14.8. The van der Waals surface area contributed by atoms with Crippen LogP contribution in [0.1, 0.15) is 0 Å². The van der Waals surface area contributed by atoms with Gasteiger partial charge in [0.2, 0.25) is 0 Å². The zero-order valence-corrected chi connectivity index (χ0v) is 29.2. The molecule has 0 unspecified atom stereocenters. The maximum atomic E-state index is 2.44. The molecule has 0 radical (unpaired) electrons. The summed E-state index contributed by atoms with van der Waals surface area (Å²) in [5.74, 6) is 0. The van der Waals surface area contributed by atoms with E-state index in [9.17, 15) is 0 Å². The summed E-state index contributed by atoms with van der Waals surface area (Å²) in [4.78, 5) is 2.44. The molecular weight excluding hydrogens is 647 g/mol. The summed E-state index contributed by atoms with van der Waals surface area (Å²) in [6, 6.07) is 72.9. The minimum absolute atomic E-state index is 1.11. The van der Waals surface area contributed by atoms with Gasteiger partial charge in [0.05, 0.1) is 11.4 Å². The topological polar surface area (TPSA) is 3.24 Å². The van der Waals surface area contributed by atoms with E-state index >= 15 is 0 Å². The summed E-state index contributed by atoms with van der Waals surface area (Å²) in [5, 5.41) is 7.58. The highest BCUT2D eigenvalue weighted by Crippen LogP contribution is 2.47. The number of thiophene rings is 1. The third kappa shape index (κ3) is 5.24. The van der Waals surface area contributed by atoms with Crippen LogP contribution >= 0.6 is 11.3 Å². The Kier molecular flexibility index (Phi) is 7.41. The summed E-state index contributed by atoms with van der Waals surface area (Å²) in [6.07, 6.45) is 0. The molecule has 0 fully saturated rings. The van der Waals surface area contributed by atoms with Gasteiger partial charge in [-0.25, -0.2) is 0 Å². The average Bonchev–Trinajstić information content (AvgIpc) is 3.61. The fourth-order valence-corrected chi connectivity index (χ4v) is 8.92. The Morgan fingerprint density at radius 1 is 0.327 bits per heavy atom. The molecule has 0 aliphatic heterocycles. The largest absolute Gasteiger partial charge is 0.309 e. The molecule has 1 nitrogen and oxygen atoms in total. The van der Waals surface area contributed by atoms with Crippen LogP contribution in [-0.2, 0) is 0 Å². The molecule has 0 spiro atoms. The maximum Gasteiger partial charge on any atom is 0.0540 e. The van der Waals surface area contributed by atoms with Crippen molar-refractivity contribution >= 4 is 70.1 Å². The van der Waals surface area contributed by atoms with Crippen LogP contribution in [0.3, 0.4) is 0 Å². The lowest BCUT2D eigenvalue weighted by molar-refractivity contribution is 1.30. The van der Waals surface area contributed by atoms with Gasteiger partial charge in [0, 0.05) is 42.4 Å². The Labute approximate surface area is 307 Å². The van der Waals surface area contributed by atoms with Gasteiger partial charge >= 0.3 is 0 Å². The first-order valence-electron chi connectivity index (χ1n) is 17.8. The van der Waals surface area contributed by atoms with E-state index in [1.807, 2.05) is 11.3 Å². The molecule has 0 saturated carbocycles. The molecule has 10 aromatic rings. The van der Waals surface area contributed by atoms with Gasteiger partial charge in [0.15, 0.2) is 0 Å². The highest BCUT2D eigenvalue weighted by atomic mass is 32.1. The number of para-hydroxylation sites is 1. The molecule has 10 rings (SSSR count). The Balaban J connectivity index is 1.08. The van der Waals surface area contributed by atoms with Crippen molar-refractivity contribution in [2.24, 2.45) is 0 Å². The van der Waals surface area contributed by atoms with Crippen LogP contribution in [0.5, 0.6) is 0 Å². The van der Waals surface area contributed by atoms with Gasteiger partial charge in [-0.2, -0.15) is 0 Å². The summed E-state index contributed by atoms with van der Waals surface area (Å²) >= 11 is 1.88. The minimum Gasteiger partial charge on any atom is -0.309 e. The molecule has 2 heteroatoms. The molecule has 9 aromatic carbocycles. The number of hydrogen-bond acceptors (Lipinski definition) is 2. The van der Waals surface area contributed by atoms with Crippen molar-refractivity contribution in [3.05, 3.63) is 200 Å². The van der Waals surface area contributed by atoms with Crippen molar-refractivity contribution < 1.29 is 0 Å². The van der Waals surface area contributed by atoms with Crippen LogP contribution in [0, 0.1) is 0 Å². The second-order valence-electron chi connectivity index (χ2n) is 13.3. The molecule has 0 amide bonds. The van der Waals surface area contributed by atoms with Crippen LogP contribution in [0.25, 0.3) is 75.1 Å². The molecule has 0 aliphatic rings. The first-order chi connectivity index (χ1) is 25.8. The lowest BCUT2D eigenvalue weighted by Gasteiger charge is -2.29. The molecule has 52 heavy (non-hydrogen) atoms. The van der Waals surface area contributed by atoms with Crippen LogP contribution in [0.2, 0.25) is 0 Å². The van der Waals surface area contributed by atoms with E-state index in [4.69, 9.17) is 0 Å². The van der Waals surface area contributed by atoms with E-state index in [0.29, 0.717) is 0 Å². The normalized spacial score (nSPS) is 11.5. The van der Waals surface area contributed by atoms with Crippen molar-refractivity contribution in [2.45, 2.75) is 0 Å². The van der Waals surface area contributed by atoms with Gasteiger partial charge in [0.1, 0.15) is 0 Å². The number of fused-ring (bicyclic) bond motifs is 5. The quantitative estimate of drug-likeness (QED) is 0.169. The molecule has 0 N–H and O–H groups in total. The highest BCUT2D eigenvalue weighted by molar-refractivity contribution is 7.26. The third-order valence-electron chi connectivity index (χ3n) is 10.3. The Morgan fingerprint density at radius 3 is 1.69 bits per heavy atom. The van der Waals surface area contributed by atoms with Crippen LogP contribution in [0.15, 0.2) is 200 Å². The van der Waals surface area contributed by atoms with E-state index in [2.05, 4.69) is 205 Å². The summed E-state index contributed by atoms with van der Waals surface area (Å²) in [6.45, 7) is 0. The smallest absolute Gasteiger partial charge is 0.0540 e. The van der Waals surface area contributed by atoms with Crippen LogP contribution in [0.4, 0.5) is 17.1 Å². The molecule has 1 aromatic heterocycles. The molecule has 0 saturated heterocycles. The molecule has 1 heterocycles. The summed E-state index contributed by atoms with van der Waals surface area (Å²) in [5.41, 5.74) is 10.7. The zero-order valence-electron chi connectivity index (χ0n) is 28.4. The molecular formula is C50H33NS. The lowest BCUT2D eigenvalue weighted by Crippen LogP contribution is -2.11. The monoisotopic (exact) mass is 679 g/mol. The molecule has 0 bridgehead atoms. The minimum atomic E-state index is 1.11. The highest BCUT2D eigenvalue weighted by Gasteiger charge is 2.21. The van der Waals surface area contributed by atoms with E-state index in [1.54, 1.807) is 0 Å². The lowest BCUT2D eigenvalue weighted by atomic mass is 9.97. The van der Waals surface area contributed by atoms with Gasteiger partial charge < -0.3 is 4.90 Å². The van der Waals surface area contributed by atoms with E-state index in [1.165, 1.54) is 75.1 Å². The Bertz CT molecular complexity index is 2890. The van der Waals surface area contributed by atoms with E-state index in [0.717, 1.165) is 17.1 Å². The van der Waals surface area contributed by atoms with Gasteiger partial charge in [0.25, 0.3) is 0 Å². The second-order valence-corrected chi connectivity index (χ2v) is 14.4. The Morgan fingerprint density at radius 2 is 0.865 bits per heavy atom. The fraction of sp³-hybridized carbons (Fsp3) is 0. The Hall–Kier alpha value is -6.48. The van der Waals surface area contributed by atoms with Gasteiger partial charge in [-0.15, -0.1) is 11.3 Å². The molecule has 0 atom stereocenters. The SMILES string of the molecule is c1ccc(N(c2ccc(-c3ccc(-c4ccc5ccccc5c4)cc3)cc2)c2cccc3ccccc23)c(-c2cccc3c2sc2ccccc23)c1. The van der Waals surface area contributed by atoms with E-state index in [-0.39, 0.29) is 0 Å². The standard InChI is InChI=1S/C50H33NS/c1-2-13-39-33-40(28-27-34(39)11-1)37-25-23-35(24-26-37)36-29-31-41(32-30-36)51(47-21-9-14-38-12-3-4-15-42(38)47)48-20-7-5-16-43(48)45-18-10-19-46-44-17-6-8-22-49(44)52-50(45)46/h1-33H. The van der Waals surface area contributed by atoms with Crippen LogP contribution < -0.4 is 4.90 Å². The first-order valence-corrected chi connectivity index (χ1v) is 18.6. The van der Waals surface area contributed by atoms with Gasteiger partial charge in [-0.05, 0) is 74.8 Å². The second kappa shape index (κ2) is 12.7. The van der Waals surface area contributed by atoms with Crippen molar-refractivity contribution in [3.63, 3.8) is 0 Å². The molecule has 244 valence electrons. The number of nitrogens with zero attached hydrogens (tertiary/aromatic N) is 1. The van der Waals surface area contributed by atoms with Crippen molar-refractivity contribution in [2.75, 3.05) is 4.90 Å². The fourth-order valence-electron chi connectivity index (χ4n) is 7.69. The average molecular weight is 680 g/mol. The number of rotatable bonds is 6. The van der Waals surface area contributed by atoms with Crippen molar-refractivity contribution in [1.29, 1.82) is 0 Å². The summed E-state index contributed by atoms with van der Waals surface area (Å²) in [7, 11) is 0. The molecule has 0 aliphatic carbocycles. The van der Waals surface area contributed by atoms with Crippen molar-refractivity contribution in [3.8, 4) is 33.4 Å². The summed E-state index contributed by atoms with van der Waals surface area (Å²) < 4.78 is 2.63. The van der Waals surface area contributed by atoms with E-state index < -0.39 is 0 Å². The van der Waals surface area contributed by atoms with Crippen molar-refractivity contribution in [1.82, 2.24) is 0 Å². The zero-order chi connectivity index (χ0) is 34.4. The third-order valence-corrected chi connectivity index (χ3v) is 11.5. The van der Waals surface area contributed by atoms with Gasteiger partial charge in [-0.3, -0.25) is 0 Å². The predicted molar refractivity (Wildman–Crippen MR) is 225 cm³/mol. The van der Waals surface area contributed by atoms with Gasteiger partial charge in [-0.1, -0.05) is 164 Å². The number of benzene rings is 9. The number of anilines is 3.